The Bertz CT molecular complexity index is 499. The molecule has 0 radical (unpaired) electrons. The van der Waals surface area contributed by atoms with Crippen LogP contribution in [0.1, 0.15) is 10.4 Å². The molecule has 1 rings (SSSR count). The number of nitro groups is 2. The Hall–Kier alpha value is -2.91. The molecule has 0 heterocycles. The number of rotatable bonds is 3. The van der Waals surface area contributed by atoms with Crippen LogP contribution in [0, 0.1) is 20.2 Å². The van der Waals surface area contributed by atoms with Crippen LogP contribution in [-0.2, 0) is 0 Å². The average Bonchev–Trinajstić information content (AvgIpc) is 2.15. The topological polar surface area (TPSA) is 164 Å². The minimum Gasteiger partial charge on any atom is -0.501 e. The van der Waals surface area contributed by atoms with E-state index in [0.29, 0.717) is 0 Å². The first-order valence-electron chi connectivity index (χ1n) is 3.88. The number of carboxylic acid groups (broad SMARTS) is 1. The van der Waals surface area contributed by atoms with Crippen LogP contribution in [0.4, 0.5) is 11.4 Å². The van der Waals surface area contributed by atoms with E-state index in [1.165, 1.54) is 0 Å². The maximum Gasteiger partial charge on any atom is 0.343 e. The molecule has 0 atom stereocenters. The fourth-order valence-electron chi connectivity index (χ4n) is 1.12. The molecule has 10 heteroatoms. The van der Waals surface area contributed by atoms with Crippen molar-refractivity contribution in [2.75, 3.05) is 0 Å². The van der Waals surface area contributed by atoms with Crippen molar-refractivity contribution in [3.8, 4) is 11.5 Å². The highest BCUT2D eigenvalue weighted by Gasteiger charge is 2.33. The largest absolute Gasteiger partial charge is 0.501 e. The smallest absolute Gasteiger partial charge is 0.343 e. The summed E-state index contributed by atoms with van der Waals surface area (Å²) < 4.78 is 0. The van der Waals surface area contributed by atoms with Gasteiger partial charge in [-0.2, -0.15) is 0 Å². The third-order valence-corrected chi connectivity index (χ3v) is 1.84. The van der Waals surface area contributed by atoms with E-state index in [1.807, 2.05) is 0 Å². The van der Waals surface area contributed by atoms with E-state index in [2.05, 4.69) is 0 Å². The molecule has 0 aliphatic carbocycles. The molecular formula is C7H4N2O8. The second-order valence-electron chi connectivity index (χ2n) is 2.81. The van der Waals surface area contributed by atoms with Gasteiger partial charge in [0.1, 0.15) is 6.07 Å². The molecule has 0 spiro atoms. The van der Waals surface area contributed by atoms with E-state index in [0.717, 1.165) is 0 Å². The van der Waals surface area contributed by atoms with E-state index >= 15 is 0 Å². The van der Waals surface area contributed by atoms with Crippen molar-refractivity contribution in [2.45, 2.75) is 0 Å². The molecule has 1 aromatic rings. The zero-order chi connectivity index (χ0) is 13.3. The quantitative estimate of drug-likeness (QED) is 0.513. The Kier molecular flexibility index (Phi) is 2.80. The lowest BCUT2D eigenvalue weighted by Gasteiger charge is -2.03. The lowest BCUT2D eigenvalue weighted by molar-refractivity contribution is -0.395. The van der Waals surface area contributed by atoms with Gasteiger partial charge in [0.2, 0.25) is 11.5 Å². The van der Waals surface area contributed by atoms with Gasteiger partial charge < -0.3 is 15.3 Å². The summed E-state index contributed by atoms with van der Waals surface area (Å²) in [4.78, 5) is 29.1. The maximum atomic E-state index is 10.6. The van der Waals surface area contributed by atoms with Gasteiger partial charge in [0.15, 0.2) is 5.56 Å². The van der Waals surface area contributed by atoms with E-state index in [4.69, 9.17) is 5.11 Å². The van der Waals surface area contributed by atoms with E-state index < -0.39 is 44.3 Å². The van der Waals surface area contributed by atoms with E-state index in [-0.39, 0.29) is 6.07 Å². The second kappa shape index (κ2) is 3.92. The number of nitrogens with zero attached hydrogens (tertiary/aromatic N) is 2. The first-order valence-corrected chi connectivity index (χ1v) is 3.88. The van der Waals surface area contributed by atoms with Crippen molar-refractivity contribution >= 4 is 17.3 Å². The fraction of sp³-hybridized carbons (Fsp3) is 0. The van der Waals surface area contributed by atoms with Crippen molar-refractivity contribution in [3.05, 3.63) is 31.9 Å². The van der Waals surface area contributed by atoms with E-state index in [1.54, 1.807) is 0 Å². The molecule has 0 bridgehead atoms. The molecule has 90 valence electrons. The Balaban J connectivity index is 3.76. The fourth-order valence-corrected chi connectivity index (χ4v) is 1.12. The lowest BCUT2D eigenvalue weighted by Crippen LogP contribution is -2.03. The molecule has 17 heavy (non-hydrogen) atoms. The average molecular weight is 244 g/mol. The van der Waals surface area contributed by atoms with Gasteiger partial charge in [-0.25, -0.2) is 4.79 Å². The molecule has 3 N–H and O–H groups in total. The molecule has 0 fully saturated rings. The number of nitro benzene ring substituents is 2. The highest BCUT2D eigenvalue weighted by molar-refractivity contribution is 5.97. The zero-order valence-electron chi connectivity index (χ0n) is 7.85. The number of aromatic hydroxyl groups is 2. The molecular weight excluding hydrogens is 240 g/mol. The zero-order valence-corrected chi connectivity index (χ0v) is 7.85. The van der Waals surface area contributed by atoms with Gasteiger partial charge in [-0.3, -0.25) is 20.2 Å². The standard InChI is InChI=1S/C7H4N2O8/c10-5-2(8(14)15)1-3(9(16)17)6(11)4(5)7(12)13/h1,10-11H,(H,12,13). The van der Waals surface area contributed by atoms with Crippen LogP contribution in [0.2, 0.25) is 0 Å². The van der Waals surface area contributed by atoms with Crippen molar-refractivity contribution < 1.29 is 30.0 Å². The second-order valence-corrected chi connectivity index (χ2v) is 2.81. The number of aromatic carboxylic acids is 1. The SMILES string of the molecule is O=C(O)c1c(O)c([N+](=O)[O-])cc([N+](=O)[O-])c1O. The summed E-state index contributed by atoms with van der Waals surface area (Å²) >= 11 is 0. The van der Waals surface area contributed by atoms with Crippen LogP contribution in [0.3, 0.4) is 0 Å². The minimum atomic E-state index is -1.92. The number of carboxylic acids is 1. The molecule has 0 saturated heterocycles. The predicted octanol–water partition coefficient (Wildman–Crippen LogP) is 0.612. The van der Waals surface area contributed by atoms with Crippen LogP contribution in [-0.4, -0.2) is 31.1 Å². The van der Waals surface area contributed by atoms with Crippen LogP contribution < -0.4 is 0 Å². The van der Waals surface area contributed by atoms with Crippen LogP contribution in [0.15, 0.2) is 6.07 Å². The summed E-state index contributed by atoms with van der Waals surface area (Å²) in [6.45, 7) is 0. The molecule has 10 nitrogen and oxygen atoms in total. The van der Waals surface area contributed by atoms with Gasteiger partial charge in [-0.15, -0.1) is 0 Å². The molecule has 0 aromatic heterocycles. The van der Waals surface area contributed by atoms with Crippen LogP contribution in [0.5, 0.6) is 11.5 Å². The van der Waals surface area contributed by atoms with Gasteiger partial charge >= 0.3 is 17.3 Å². The minimum absolute atomic E-state index is 0.275. The number of carbonyl (C=O) groups is 1. The first kappa shape index (κ1) is 12.2. The highest BCUT2D eigenvalue weighted by Crippen LogP contribution is 2.42. The number of hydrogen-bond donors (Lipinski definition) is 3. The normalized spacial score (nSPS) is 9.88. The Morgan fingerprint density at radius 2 is 1.41 bits per heavy atom. The molecule has 0 aliphatic heterocycles. The Labute approximate surface area is 91.6 Å². The summed E-state index contributed by atoms with van der Waals surface area (Å²) in [5.41, 5.74) is -3.63. The van der Waals surface area contributed by atoms with Gasteiger partial charge in [0.25, 0.3) is 0 Å². The van der Waals surface area contributed by atoms with Crippen molar-refractivity contribution in [1.29, 1.82) is 0 Å². The molecule has 0 aliphatic rings. The number of phenols is 2. The number of hydrogen-bond acceptors (Lipinski definition) is 7. The summed E-state index contributed by atoms with van der Waals surface area (Å²) in [5, 5.41) is 47.9. The third-order valence-electron chi connectivity index (χ3n) is 1.84. The molecule has 1 aromatic carbocycles. The summed E-state index contributed by atoms with van der Waals surface area (Å²) in [6, 6.07) is 0.275. The van der Waals surface area contributed by atoms with Crippen LogP contribution in [0.25, 0.3) is 0 Å². The van der Waals surface area contributed by atoms with E-state index in [9.17, 15) is 35.2 Å². The molecule has 0 unspecified atom stereocenters. The van der Waals surface area contributed by atoms with Crippen molar-refractivity contribution in [3.63, 3.8) is 0 Å². The van der Waals surface area contributed by atoms with Gasteiger partial charge in [-0.1, -0.05) is 0 Å². The first-order chi connectivity index (χ1) is 7.77. The van der Waals surface area contributed by atoms with Gasteiger partial charge in [0.05, 0.1) is 9.85 Å². The third kappa shape index (κ3) is 1.90. The number of benzene rings is 1. The van der Waals surface area contributed by atoms with Crippen molar-refractivity contribution in [2.24, 2.45) is 0 Å². The summed E-state index contributed by atoms with van der Waals surface area (Å²) in [6.07, 6.45) is 0. The monoisotopic (exact) mass is 244 g/mol. The Morgan fingerprint density at radius 3 is 1.65 bits per heavy atom. The summed E-state index contributed by atoms with van der Waals surface area (Å²) in [7, 11) is 0. The van der Waals surface area contributed by atoms with Crippen molar-refractivity contribution in [1.82, 2.24) is 0 Å². The summed E-state index contributed by atoms with van der Waals surface area (Å²) in [5.74, 6) is -4.61. The Morgan fingerprint density at radius 1 is 1.06 bits per heavy atom. The van der Waals surface area contributed by atoms with Gasteiger partial charge in [-0.05, 0) is 0 Å². The van der Waals surface area contributed by atoms with Gasteiger partial charge in [0, 0.05) is 0 Å². The van der Waals surface area contributed by atoms with Crippen LogP contribution >= 0.6 is 0 Å². The predicted molar refractivity (Wildman–Crippen MR) is 50.0 cm³/mol. The molecule has 0 saturated carbocycles. The highest BCUT2D eigenvalue weighted by atomic mass is 16.6. The maximum absolute atomic E-state index is 10.6. The molecule has 0 amide bonds. The lowest BCUT2D eigenvalue weighted by atomic mass is 10.1.